The minimum absolute atomic E-state index is 0.136. The Balaban J connectivity index is 1.47. The van der Waals surface area contributed by atoms with Gasteiger partial charge in [0, 0.05) is 11.8 Å². The predicted octanol–water partition coefficient (Wildman–Crippen LogP) is 1.70. The molecule has 6 rings (SSSR count). The van der Waals surface area contributed by atoms with Crippen LogP contribution in [-0.4, -0.2) is 29.9 Å². The molecule has 4 nitrogen and oxygen atoms in total. The van der Waals surface area contributed by atoms with E-state index in [1.165, 1.54) is 5.56 Å². The number of rotatable bonds is 1. The van der Waals surface area contributed by atoms with Crippen molar-refractivity contribution in [2.24, 2.45) is 23.7 Å². The van der Waals surface area contributed by atoms with Crippen molar-refractivity contribution < 1.29 is 19.1 Å². The Morgan fingerprint density at radius 3 is 2.52 bits per heavy atom. The third-order valence-corrected chi connectivity index (χ3v) is 7.07. The number of hydrogen-bond acceptors (Lipinski definition) is 4. The van der Waals surface area contributed by atoms with E-state index in [-0.39, 0.29) is 47.4 Å². The normalized spacial score (nSPS) is 51.3. The molecular formula is C19H18O4. The summed E-state index contributed by atoms with van der Waals surface area (Å²) in [5.41, 5.74) is 2.18. The number of hydrogen-bond donors (Lipinski definition) is 0. The molecule has 0 aromatic heterocycles. The van der Waals surface area contributed by atoms with E-state index >= 15 is 0 Å². The molecule has 118 valence electrons. The highest BCUT2D eigenvalue weighted by Gasteiger charge is 2.81. The molecule has 3 aliphatic carbocycles. The Labute approximate surface area is 134 Å². The number of carbonyl (C=O) groups is 2. The number of ether oxygens (including phenoxy) is 2. The lowest BCUT2D eigenvalue weighted by molar-refractivity contribution is -0.140. The van der Waals surface area contributed by atoms with E-state index in [9.17, 15) is 9.59 Å². The molecule has 0 N–H and O–H groups in total. The van der Waals surface area contributed by atoms with Crippen molar-refractivity contribution in [3.63, 3.8) is 0 Å². The van der Waals surface area contributed by atoms with Gasteiger partial charge >= 0.3 is 0 Å². The second-order valence-electron chi connectivity index (χ2n) is 7.98. The number of Topliss-reactive ketones (excluding diaryl/α,β-unsaturated/α-hetero) is 2. The van der Waals surface area contributed by atoms with E-state index in [0.717, 1.165) is 17.5 Å². The summed E-state index contributed by atoms with van der Waals surface area (Å²) in [7, 11) is 0. The first kappa shape index (κ1) is 12.8. The van der Waals surface area contributed by atoms with Gasteiger partial charge in [0.25, 0.3) is 0 Å². The maximum absolute atomic E-state index is 13.3. The van der Waals surface area contributed by atoms with Gasteiger partial charge in [-0.2, -0.15) is 0 Å². The molecule has 1 aromatic carbocycles. The third-order valence-electron chi connectivity index (χ3n) is 7.07. The first-order valence-electron chi connectivity index (χ1n) is 8.53. The Bertz CT molecular complexity index is 799. The number of epoxide rings is 2. The predicted molar refractivity (Wildman–Crippen MR) is 79.7 cm³/mol. The van der Waals surface area contributed by atoms with Crippen LogP contribution >= 0.6 is 0 Å². The minimum Gasteiger partial charge on any atom is -0.369 e. The maximum Gasteiger partial charge on any atom is 0.186 e. The van der Waals surface area contributed by atoms with Gasteiger partial charge in [-0.15, -0.1) is 0 Å². The standard InChI is InChI=1S/C19H18O4/c1-7-3-4-9(5-8(7)2)19-17(21)13-11-6-10(15-16(11)22-15)12(13)14(20)18(19)23-19/h3-5,10-13,15-16,18H,6H2,1-2H3/t10-,11+,12+,13-,15+,16-,18-,19+/m0/s1. The topological polar surface area (TPSA) is 59.2 Å². The summed E-state index contributed by atoms with van der Waals surface area (Å²) in [5, 5.41) is 0. The quantitative estimate of drug-likeness (QED) is 0.741. The second-order valence-corrected chi connectivity index (χ2v) is 7.98. The van der Waals surface area contributed by atoms with Gasteiger partial charge in [0.2, 0.25) is 0 Å². The van der Waals surface area contributed by atoms with Crippen molar-refractivity contribution in [1.29, 1.82) is 0 Å². The van der Waals surface area contributed by atoms with E-state index in [1.54, 1.807) is 0 Å². The van der Waals surface area contributed by atoms with Gasteiger partial charge in [-0.3, -0.25) is 9.59 Å². The SMILES string of the molecule is Cc1ccc([C@]23O[C@H]2C(=O)[C@@H]2[C@@H]4C[C@@H]([C@@H]5O[C@H]45)[C@@H]2C3=O)cc1C. The van der Waals surface area contributed by atoms with E-state index in [0.29, 0.717) is 0 Å². The van der Waals surface area contributed by atoms with Gasteiger partial charge in [0.05, 0.1) is 12.2 Å². The summed E-state index contributed by atoms with van der Waals surface area (Å²) < 4.78 is 11.5. The van der Waals surface area contributed by atoms with Crippen LogP contribution < -0.4 is 0 Å². The van der Waals surface area contributed by atoms with Crippen LogP contribution in [-0.2, 0) is 24.7 Å². The van der Waals surface area contributed by atoms with Gasteiger partial charge in [-0.25, -0.2) is 0 Å². The zero-order valence-electron chi connectivity index (χ0n) is 13.1. The van der Waals surface area contributed by atoms with Crippen LogP contribution in [0.5, 0.6) is 0 Å². The summed E-state index contributed by atoms with van der Waals surface area (Å²) in [6.07, 6.45) is 0.892. The molecule has 8 atom stereocenters. The van der Waals surface area contributed by atoms with Gasteiger partial charge in [-0.1, -0.05) is 18.2 Å². The molecule has 23 heavy (non-hydrogen) atoms. The van der Waals surface area contributed by atoms with Crippen LogP contribution in [0.25, 0.3) is 0 Å². The van der Waals surface area contributed by atoms with Crippen LogP contribution in [0.3, 0.4) is 0 Å². The van der Waals surface area contributed by atoms with Crippen molar-refractivity contribution in [2.75, 3.05) is 0 Å². The first-order chi connectivity index (χ1) is 11.0. The molecule has 0 amide bonds. The minimum atomic E-state index is -0.994. The lowest BCUT2D eigenvalue weighted by Gasteiger charge is -2.32. The molecule has 5 aliphatic rings. The van der Waals surface area contributed by atoms with E-state index < -0.39 is 11.7 Å². The van der Waals surface area contributed by atoms with Crippen molar-refractivity contribution >= 4 is 11.6 Å². The Morgan fingerprint density at radius 2 is 1.78 bits per heavy atom. The highest BCUT2D eigenvalue weighted by atomic mass is 16.6. The summed E-state index contributed by atoms with van der Waals surface area (Å²) >= 11 is 0. The number of fused-ring (bicyclic) bond motifs is 9. The zero-order valence-corrected chi connectivity index (χ0v) is 13.1. The molecular weight excluding hydrogens is 292 g/mol. The molecule has 3 saturated carbocycles. The Hall–Kier alpha value is -1.52. The summed E-state index contributed by atoms with van der Waals surface area (Å²) in [5.74, 6) is 0.444. The van der Waals surface area contributed by atoms with Gasteiger partial charge in [-0.05, 0) is 48.8 Å². The van der Waals surface area contributed by atoms with Crippen LogP contribution in [0.15, 0.2) is 18.2 Å². The van der Waals surface area contributed by atoms with Crippen molar-refractivity contribution in [3.8, 4) is 0 Å². The zero-order chi connectivity index (χ0) is 15.7. The molecule has 4 heteroatoms. The fraction of sp³-hybridized carbons (Fsp3) is 0.579. The Morgan fingerprint density at radius 1 is 1.04 bits per heavy atom. The Kier molecular flexibility index (Phi) is 2.01. The number of benzene rings is 1. The molecule has 2 saturated heterocycles. The van der Waals surface area contributed by atoms with Gasteiger partial charge in [0.15, 0.2) is 23.3 Å². The first-order valence-corrected chi connectivity index (χ1v) is 8.53. The van der Waals surface area contributed by atoms with Gasteiger partial charge < -0.3 is 9.47 Å². The van der Waals surface area contributed by atoms with E-state index in [4.69, 9.17) is 9.47 Å². The number of aryl methyl sites for hydroxylation is 2. The molecule has 0 radical (unpaired) electrons. The average molecular weight is 310 g/mol. The molecule has 2 bridgehead atoms. The van der Waals surface area contributed by atoms with Crippen molar-refractivity contribution in [2.45, 2.75) is 44.2 Å². The van der Waals surface area contributed by atoms with Crippen molar-refractivity contribution in [3.05, 3.63) is 34.9 Å². The highest BCUT2D eigenvalue weighted by molar-refractivity contribution is 6.10. The number of carbonyl (C=O) groups excluding carboxylic acids is 2. The summed E-state index contributed by atoms with van der Waals surface area (Å²) in [6.45, 7) is 4.08. The lowest BCUT2D eigenvalue weighted by atomic mass is 9.64. The molecule has 2 aliphatic heterocycles. The summed E-state index contributed by atoms with van der Waals surface area (Å²) in [4.78, 5) is 26.3. The lowest BCUT2D eigenvalue weighted by Crippen LogP contribution is -2.50. The van der Waals surface area contributed by atoms with Crippen LogP contribution in [0, 0.1) is 37.5 Å². The summed E-state index contributed by atoms with van der Waals surface area (Å²) in [6, 6.07) is 5.99. The van der Waals surface area contributed by atoms with Crippen LogP contribution in [0.4, 0.5) is 0 Å². The fourth-order valence-electron chi connectivity index (χ4n) is 5.74. The monoisotopic (exact) mass is 310 g/mol. The molecule has 5 fully saturated rings. The number of ketones is 2. The maximum atomic E-state index is 13.3. The van der Waals surface area contributed by atoms with E-state index in [1.807, 2.05) is 32.0 Å². The van der Waals surface area contributed by atoms with Crippen LogP contribution in [0.2, 0.25) is 0 Å². The molecule has 1 aromatic rings. The largest absolute Gasteiger partial charge is 0.369 e. The average Bonchev–Trinajstić information content (AvgIpc) is 3.43. The molecule has 0 unspecified atom stereocenters. The van der Waals surface area contributed by atoms with Crippen molar-refractivity contribution in [1.82, 2.24) is 0 Å². The molecule has 2 heterocycles. The third kappa shape index (κ3) is 1.26. The van der Waals surface area contributed by atoms with E-state index in [2.05, 4.69) is 0 Å². The molecule has 0 spiro atoms. The van der Waals surface area contributed by atoms with Crippen LogP contribution in [0.1, 0.15) is 23.1 Å². The fourth-order valence-corrected chi connectivity index (χ4v) is 5.74. The van der Waals surface area contributed by atoms with Gasteiger partial charge in [0.1, 0.15) is 0 Å². The second kappa shape index (κ2) is 3.60. The highest BCUT2D eigenvalue weighted by Crippen LogP contribution is 2.68. The smallest absolute Gasteiger partial charge is 0.186 e.